The first-order valence-electron chi connectivity index (χ1n) is 13.1. The van der Waals surface area contributed by atoms with Crippen molar-refractivity contribution < 1.29 is 23.8 Å². The fraction of sp³-hybridized carbons (Fsp3) is 0.379. The van der Waals surface area contributed by atoms with E-state index in [1.807, 2.05) is 42.5 Å². The van der Waals surface area contributed by atoms with Crippen molar-refractivity contribution in [2.24, 2.45) is 14.1 Å². The summed E-state index contributed by atoms with van der Waals surface area (Å²) in [7, 11) is 4.40. The van der Waals surface area contributed by atoms with Crippen LogP contribution in [0.25, 0.3) is 0 Å². The molecule has 5 rings (SSSR count). The minimum atomic E-state index is -0.579. The highest BCUT2D eigenvalue weighted by atomic mass is 16.5. The van der Waals surface area contributed by atoms with Crippen LogP contribution in [0.5, 0.6) is 17.2 Å². The summed E-state index contributed by atoms with van der Waals surface area (Å²) in [5.41, 5.74) is 0.671. The van der Waals surface area contributed by atoms with E-state index >= 15 is 0 Å². The van der Waals surface area contributed by atoms with Crippen molar-refractivity contribution in [2.45, 2.75) is 38.0 Å². The maximum absolute atomic E-state index is 13.4. The van der Waals surface area contributed by atoms with Crippen LogP contribution >= 0.6 is 0 Å². The largest absolute Gasteiger partial charge is 0.493 e. The van der Waals surface area contributed by atoms with Crippen molar-refractivity contribution in [3.63, 3.8) is 0 Å². The lowest BCUT2D eigenvalue weighted by atomic mass is 10.0. The van der Waals surface area contributed by atoms with Crippen LogP contribution in [-0.4, -0.2) is 58.2 Å². The Hall–Kier alpha value is -4.38. The molecule has 4 bridgehead atoms. The fourth-order valence-electron chi connectivity index (χ4n) is 5.08. The van der Waals surface area contributed by atoms with E-state index in [0.717, 1.165) is 15.7 Å². The van der Waals surface area contributed by atoms with Crippen molar-refractivity contribution in [3.05, 3.63) is 86.2 Å². The van der Waals surface area contributed by atoms with Gasteiger partial charge in [0.15, 0.2) is 11.5 Å². The van der Waals surface area contributed by atoms with Crippen LogP contribution in [0, 0.1) is 0 Å². The molecule has 1 N–H and O–H groups in total. The average molecular weight is 549 g/mol. The molecule has 40 heavy (non-hydrogen) atoms. The number of piperidine rings is 1. The quantitative estimate of drug-likeness (QED) is 0.518. The molecule has 0 spiro atoms. The van der Waals surface area contributed by atoms with Crippen LogP contribution in [0.15, 0.2) is 58.1 Å². The second kappa shape index (κ2) is 11.4. The van der Waals surface area contributed by atoms with Gasteiger partial charge in [-0.25, -0.2) is 4.79 Å². The van der Waals surface area contributed by atoms with E-state index < -0.39 is 23.2 Å². The first-order chi connectivity index (χ1) is 19.2. The standard InChI is InChI=1S/C29H32N4O7/c1-31-22(15-27(35)32(2)29(31)37)28(36)33-12-11-23-21(16-33)30-26(34)10-8-18-7-9-24(38-3)25(14-18)40-20-6-4-5-19(13-20)17-39-23/h4-7,9,13-15,21,23H,8,10-12,16-17H2,1-3H3,(H,30,34)/t21-,23+/m0/s1. The normalized spacial score (nSPS) is 19.4. The van der Waals surface area contributed by atoms with E-state index in [1.165, 1.54) is 24.7 Å². The monoisotopic (exact) mass is 548 g/mol. The Morgan fingerprint density at radius 2 is 1.82 bits per heavy atom. The molecular weight excluding hydrogens is 516 g/mol. The third-order valence-electron chi connectivity index (χ3n) is 7.39. The number of carbonyl (C=O) groups excluding carboxylic acids is 2. The number of fused-ring (bicyclic) bond motifs is 5. The summed E-state index contributed by atoms with van der Waals surface area (Å²) in [6, 6.07) is 13.8. The van der Waals surface area contributed by atoms with Gasteiger partial charge in [0.1, 0.15) is 11.4 Å². The van der Waals surface area contributed by atoms with Crippen molar-refractivity contribution in [1.82, 2.24) is 19.4 Å². The molecule has 1 aromatic heterocycles. The van der Waals surface area contributed by atoms with Crippen molar-refractivity contribution in [1.29, 1.82) is 0 Å². The van der Waals surface area contributed by atoms with Crippen LogP contribution in [0.2, 0.25) is 0 Å². The highest BCUT2D eigenvalue weighted by molar-refractivity contribution is 5.92. The third kappa shape index (κ3) is 5.64. The molecule has 0 saturated carbocycles. The molecule has 11 heteroatoms. The minimum Gasteiger partial charge on any atom is -0.493 e. The van der Waals surface area contributed by atoms with Gasteiger partial charge in [-0.1, -0.05) is 18.2 Å². The fourth-order valence-corrected chi connectivity index (χ4v) is 5.08. The number of benzene rings is 2. The van der Waals surface area contributed by atoms with E-state index in [9.17, 15) is 19.2 Å². The summed E-state index contributed by atoms with van der Waals surface area (Å²) in [4.78, 5) is 52.6. The number of aromatic nitrogens is 2. The Kier molecular flexibility index (Phi) is 7.74. The molecule has 2 amide bonds. The molecule has 2 aromatic carbocycles. The van der Waals surface area contributed by atoms with Crippen LogP contribution in [0.3, 0.4) is 0 Å². The van der Waals surface area contributed by atoms with E-state index in [1.54, 1.807) is 12.0 Å². The number of aryl methyl sites for hydroxylation is 1. The van der Waals surface area contributed by atoms with Crippen LogP contribution in [-0.2, 0) is 36.7 Å². The first-order valence-corrected chi connectivity index (χ1v) is 13.1. The Morgan fingerprint density at radius 3 is 2.62 bits per heavy atom. The summed E-state index contributed by atoms with van der Waals surface area (Å²) in [6.07, 6.45) is 0.808. The molecule has 3 aromatic rings. The Balaban J connectivity index is 1.41. The van der Waals surface area contributed by atoms with Gasteiger partial charge in [0.25, 0.3) is 11.5 Å². The molecule has 0 radical (unpaired) electrons. The van der Waals surface area contributed by atoms with Crippen molar-refractivity contribution in [3.8, 4) is 17.2 Å². The predicted octanol–water partition coefficient (Wildman–Crippen LogP) is 1.75. The van der Waals surface area contributed by atoms with Gasteiger partial charge in [-0.05, 0) is 48.2 Å². The predicted molar refractivity (Wildman–Crippen MR) is 146 cm³/mol. The molecule has 2 aliphatic rings. The highest BCUT2D eigenvalue weighted by Gasteiger charge is 2.34. The number of rotatable bonds is 2. The average Bonchev–Trinajstić information content (AvgIpc) is 2.96. The molecule has 1 saturated heterocycles. The van der Waals surface area contributed by atoms with Gasteiger partial charge in [0.05, 0.1) is 25.9 Å². The van der Waals surface area contributed by atoms with Gasteiger partial charge in [-0.3, -0.25) is 23.5 Å². The number of nitrogens with zero attached hydrogens (tertiary/aromatic N) is 3. The molecule has 2 atom stereocenters. The van der Waals surface area contributed by atoms with Gasteiger partial charge in [-0.15, -0.1) is 0 Å². The summed E-state index contributed by atoms with van der Waals surface area (Å²) in [5, 5.41) is 3.06. The topological polar surface area (TPSA) is 121 Å². The lowest BCUT2D eigenvalue weighted by Crippen LogP contribution is -2.57. The summed E-state index contributed by atoms with van der Waals surface area (Å²) < 4.78 is 20.0. The van der Waals surface area contributed by atoms with Gasteiger partial charge in [0.2, 0.25) is 5.91 Å². The zero-order chi connectivity index (χ0) is 28.4. The number of amides is 2. The molecular formula is C29H32N4O7. The number of carbonyl (C=O) groups is 2. The smallest absolute Gasteiger partial charge is 0.331 e. The number of methoxy groups -OCH3 is 1. The van der Waals surface area contributed by atoms with Crippen LogP contribution in [0.1, 0.15) is 34.5 Å². The highest BCUT2D eigenvalue weighted by Crippen LogP contribution is 2.33. The zero-order valence-corrected chi connectivity index (χ0v) is 22.7. The Labute approximate surface area is 230 Å². The van der Waals surface area contributed by atoms with E-state index in [0.29, 0.717) is 36.6 Å². The second-order valence-electron chi connectivity index (χ2n) is 10.1. The first kappa shape index (κ1) is 27.2. The van der Waals surface area contributed by atoms with Crippen LogP contribution in [0.4, 0.5) is 0 Å². The van der Waals surface area contributed by atoms with E-state index in [4.69, 9.17) is 14.2 Å². The van der Waals surface area contributed by atoms with Crippen LogP contribution < -0.4 is 26.0 Å². The SMILES string of the molecule is COc1ccc2cc1Oc1cccc(c1)CO[C@@H]1CCN(C(=O)c3cc(=O)n(C)c(=O)n3C)C[C@@H]1NC(=O)CC2. The maximum atomic E-state index is 13.4. The number of hydrogen-bond donors (Lipinski definition) is 1. The van der Waals surface area contributed by atoms with E-state index in [2.05, 4.69) is 5.32 Å². The summed E-state index contributed by atoms with van der Waals surface area (Å²) in [5.74, 6) is 1.15. The maximum Gasteiger partial charge on any atom is 0.331 e. The van der Waals surface area contributed by atoms with Gasteiger partial charge < -0.3 is 24.4 Å². The van der Waals surface area contributed by atoms with Crippen molar-refractivity contribution in [2.75, 3.05) is 20.2 Å². The van der Waals surface area contributed by atoms with Gasteiger partial charge in [0, 0.05) is 39.7 Å². The van der Waals surface area contributed by atoms with Crippen molar-refractivity contribution >= 4 is 11.8 Å². The molecule has 0 aliphatic carbocycles. The molecule has 0 unspecified atom stereocenters. The molecule has 2 aliphatic heterocycles. The lowest BCUT2D eigenvalue weighted by molar-refractivity contribution is -0.124. The lowest BCUT2D eigenvalue weighted by Gasteiger charge is -2.39. The Bertz CT molecular complexity index is 1560. The molecule has 3 heterocycles. The third-order valence-corrected chi connectivity index (χ3v) is 7.39. The molecule has 210 valence electrons. The minimum absolute atomic E-state index is 0.00283. The van der Waals surface area contributed by atoms with Gasteiger partial charge >= 0.3 is 5.69 Å². The van der Waals surface area contributed by atoms with Gasteiger partial charge in [-0.2, -0.15) is 0 Å². The zero-order valence-electron chi connectivity index (χ0n) is 22.7. The number of ether oxygens (including phenoxy) is 3. The summed E-state index contributed by atoms with van der Waals surface area (Å²) in [6.45, 7) is 0.797. The number of nitrogens with one attached hydrogen (secondary N) is 1. The Morgan fingerprint density at radius 1 is 1.00 bits per heavy atom. The number of likely N-dealkylation sites (tertiary alicyclic amines) is 1. The summed E-state index contributed by atoms with van der Waals surface area (Å²) >= 11 is 0. The molecule has 1 fully saturated rings. The molecule has 11 nitrogen and oxygen atoms in total. The second-order valence-corrected chi connectivity index (χ2v) is 10.1. The number of hydrogen-bond acceptors (Lipinski definition) is 7. The van der Waals surface area contributed by atoms with E-state index in [-0.39, 0.29) is 37.3 Å².